The van der Waals surface area contributed by atoms with E-state index in [1.54, 1.807) is 6.07 Å². The van der Waals surface area contributed by atoms with Crippen LogP contribution in [0.3, 0.4) is 0 Å². The van der Waals surface area contributed by atoms with E-state index in [4.69, 9.17) is 22.1 Å². The number of rotatable bonds is 5. The summed E-state index contributed by atoms with van der Waals surface area (Å²) in [7, 11) is 0. The Hall–Kier alpha value is -1.59. The van der Waals surface area contributed by atoms with Crippen LogP contribution in [0.5, 0.6) is 0 Å². The molecule has 1 fully saturated rings. The normalized spacial score (nSPS) is 17.5. The molecule has 1 aliphatic heterocycles. The molecule has 23 heavy (non-hydrogen) atoms. The summed E-state index contributed by atoms with van der Waals surface area (Å²) in [5.41, 5.74) is 4.78. The van der Waals surface area contributed by atoms with Crippen molar-refractivity contribution in [3.63, 3.8) is 0 Å². The van der Waals surface area contributed by atoms with Crippen LogP contribution >= 0.6 is 11.6 Å². The number of ether oxygens (including phenoxy) is 1. The van der Waals surface area contributed by atoms with Crippen LogP contribution in [0.4, 0.5) is 0 Å². The van der Waals surface area contributed by atoms with Gasteiger partial charge >= 0.3 is 0 Å². The van der Waals surface area contributed by atoms with Gasteiger partial charge in [-0.15, -0.1) is 0 Å². The van der Waals surface area contributed by atoms with Crippen LogP contribution in [0.1, 0.15) is 32.3 Å². The lowest BCUT2D eigenvalue weighted by atomic mass is 9.78. The van der Waals surface area contributed by atoms with E-state index in [2.05, 4.69) is 5.32 Å². The van der Waals surface area contributed by atoms with E-state index >= 15 is 0 Å². The SMILES string of the molecule is CC(C)(C(=O)NCC1(C(N)=O)CCOCC1)c1ccccc1Cl. The number of carbonyl (C=O) groups is 2. The molecule has 1 aliphatic rings. The largest absolute Gasteiger partial charge is 0.381 e. The number of nitrogens with one attached hydrogen (secondary N) is 1. The van der Waals surface area contributed by atoms with Gasteiger partial charge in [0.15, 0.2) is 0 Å². The van der Waals surface area contributed by atoms with Gasteiger partial charge in [0.1, 0.15) is 0 Å². The number of nitrogens with two attached hydrogens (primary N) is 1. The fourth-order valence-corrected chi connectivity index (χ4v) is 3.21. The first-order valence-corrected chi connectivity index (χ1v) is 8.08. The molecule has 2 amide bonds. The van der Waals surface area contributed by atoms with Crippen LogP contribution in [-0.2, 0) is 19.7 Å². The third-order valence-corrected chi connectivity index (χ3v) is 5.00. The van der Waals surface area contributed by atoms with Gasteiger partial charge in [0.05, 0.1) is 10.8 Å². The maximum Gasteiger partial charge on any atom is 0.230 e. The van der Waals surface area contributed by atoms with Gasteiger partial charge in [-0.3, -0.25) is 9.59 Å². The van der Waals surface area contributed by atoms with Crippen molar-refractivity contribution in [2.45, 2.75) is 32.1 Å². The smallest absolute Gasteiger partial charge is 0.230 e. The number of hydrogen-bond acceptors (Lipinski definition) is 3. The minimum Gasteiger partial charge on any atom is -0.381 e. The number of hydrogen-bond donors (Lipinski definition) is 2. The molecular formula is C17H23ClN2O3. The van der Waals surface area contributed by atoms with E-state index in [9.17, 15) is 9.59 Å². The summed E-state index contributed by atoms with van der Waals surface area (Å²) in [6.45, 7) is 4.80. The first kappa shape index (κ1) is 17.8. The van der Waals surface area contributed by atoms with Crippen molar-refractivity contribution in [3.8, 4) is 0 Å². The summed E-state index contributed by atoms with van der Waals surface area (Å²) >= 11 is 6.21. The molecule has 0 atom stereocenters. The van der Waals surface area contributed by atoms with Crippen LogP contribution in [-0.4, -0.2) is 31.6 Å². The lowest BCUT2D eigenvalue weighted by Gasteiger charge is -2.35. The summed E-state index contributed by atoms with van der Waals surface area (Å²) in [5, 5.41) is 3.43. The standard InChI is InChI=1S/C17H23ClN2O3/c1-16(2,12-5-3-4-6-13(12)18)15(22)20-11-17(14(19)21)7-9-23-10-8-17/h3-6H,7-11H2,1-2H3,(H2,19,21)(H,20,22). The second-order valence-electron chi connectivity index (χ2n) is 6.54. The van der Waals surface area contributed by atoms with Gasteiger partial charge in [-0.1, -0.05) is 29.8 Å². The van der Waals surface area contributed by atoms with Gasteiger partial charge in [-0.05, 0) is 38.3 Å². The fraction of sp³-hybridized carbons (Fsp3) is 0.529. The van der Waals surface area contributed by atoms with Crippen molar-refractivity contribution < 1.29 is 14.3 Å². The van der Waals surface area contributed by atoms with Crippen molar-refractivity contribution >= 4 is 23.4 Å². The monoisotopic (exact) mass is 338 g/mol. The zero-order chi connectivity index (χ0) is 17.1. The number of primary amides is 1. The zero-order valence-electron chi connectivity index (χ0n) is 13.5. The first-order valence-electron chi connectivity index (χ1n) is 7.70. The van der Waals surface area contributed by atoms with Crippen molar-refractivity contribution in [3.05, 3.63) is 34.9 Å². The van der Waals surface area contributed by atoms with Gasteiger partial charge in [0.25, 0.3) is 0 Å². The highest BCUT2D eigenvalue weighted by atomic mass is 35.5. The molecule has 0 unspecified atom stereocenters. The molecule has 0 bridgehead atoms. The van der Waals surface area contributed by atoms with Gasteiger partial charge in [0.2, 0.25) is 11.8 Å². The van der Waals surface area contributed by atoms with E-state index in [1.165, 1.54) is 0 Å². The number of halogens is 1. The minimum absolute atomic E-state index is 0.183. The molecule has 6 heteroatoms. The molecule has 0 saturated carbocycles. The van der Waals surface area contributed by atoms with Crippen molar-refractivity contribution in [2.75, 3.05) is 19.8 Å². The average molecular weight is 339 g/mol. The summed E-state index contributed by atoms with van der Waals surface area (Å²) in [6.07, 6.45) is 1.05. The fourth-order valence-electron chi connectivity index (χ4n) is 2.83. The predicted octanol–water partition coefficient (Wildman–Crippen LogP) is 2.02. The molecule has 0 aromatic heterocycles. The highest BCUT2D eigenvalue weighted by molar-refractivity contribution is 6.31. The summed E-state index contributed by atoms with van der Waals surface area (Å²) in [5.74, 6) is -0.575. The van der Waals surface area contributed by atoms with Crippen LogP contribution < -0.4 is 11.1 Å². The third kappa shape index (κ3) is 3.67. The van der Waals surface area contributed by atoms with E-state index in [0.717, 1.165) is 5.56 Å². The first-order chi connectivity index (χ1) is 10.8. The quantitative estimate of drug-likeness (QED) is 0.861. The average Bonchev–Trinajstić information content (AvgIpc) is 2.53. The maximum absolute atomic E-state index is 12.7. The third-order valence-electron chi connectivity index (χ3n) is 4.67. The van der Waals surface area contributed by atoms with E-state index < -0.39 is 16.7 Å². The topological polar surface area (TPSA) is 81.4 Å². The summed E-state index contributed by atoms with van der Waals surface area (Å²) < 4.78 is 5.30. The zero-order valence-corrected chi connectivity index (χ0v) is 14.3. The van der Waals surface area contributed by atoms with Crippen LogP contribution in [0.2, 0.25) is 5.02 Å². The molecule has 0 aliphatic carbocycles. The second kappa shape index (κ2) is 6.89. The molecule has 1 aromatic rings. The Morgan fingerprint density at radius 2 is 1.91 bits per heavy atom. The van der Waals surface area contributed by atoms with E-state index in [-0.39, 0.29) is 12.5 Å². The lowest BCUT2D eigenvalue weighted by Crippen LogP contribution is -2.52. The summed E-state index contributed by atoms with van der Waals surface area (Å²) in [4.78, 5) is 24.5. The maximum atomic E-state index is 12.7. The van der Waals surface area contributed by atoms with Crippen LogP contribution in [0, 0.1) is 5.41 Å². The second-order valence-corrected chi connectivity index (χ2v) is 6.95. The molecule has 126 valence electrons. The molecule has 0 radical (unpaired) electrons. The van der Waals surface area contributed by atoms with Crippen molar-refractivity contribution in [1.82, 2.24) is 5.32 Å². The molecule has 1 aromatic carbocycles. The van der Waals surface area contributed by atoms with E-state index in [0.29, 0.717) is 31.1 Å². The molecule has 0 spiro atoms. The number of carbonyl (C=O) groups excluding carboxylic acids is 2. The molecule has 5 nitrogen and oxygen atoms in total. The Balaban J connectivity index is 2.11. The minimum atomic E-state index is -0.803. The molecule has 3 N–H and O–H groups in total. The van der Waals surface area contributed by atoms with Crippen LogP contribution in [0.15, 0.2) is 24.3 Å². The number of benzene rings is 1. The van der Waals surface area contributed by atoms with E-state index in [1.807, 2.05) is 32.0 Å². The Morgan fingerprint density at radius 3 is 2.48 bits per heavy atom. The summed E-state index contributed by atoms with van der Waals surface area (Å²) in [6, 6.07) is 7.26. The van der Waals surface area contributed by atoms with Gasteiger partial charge in [-0.25, -0.2) is 0 Å². The van der Waals surface area contributed by atoms with Crippen LogP contribution in [0.25, 0.3) is 0 Å². The predicted molar refractivity (Wildman–Crippen MR) is 89.2 cm³/mol. The Morgan fingerprint density at radius 1 is 1.30 bits per heavy atom. The molecule has 2 rings (SSSR count). The number of amides is 2. The lowest BCUT2D eigenvalue weighted by molar-refractivity contribution is -0.134. The highest BCUT2D eigenvalue weighted by Gasteiger charge is 2.40. The Kier molecular flexibility index (Phi) is 5.32. The van der Waals surface area contributed by atoms with Crippen molar-refractivity contribution in [1.29, 1.82) is 0 Å². The van der Waals surface area contributed by atoms with Crippen molar-refractivity contribution in [2.24, 2.45) is 11.1 Å². The highest BCUT2D eigenvalue weighted by Crippen LogP contribution is 2.32. The molecular weight excluding hydrogens is 316 g/mol. The van der Waals surface area contributed by atoms with Gasteiger partial charge in [-0.2, -0.15) is 0 Å². The Labute approximate surface area is 141 Å². The molecule has 1 heterocycles. The molecule has 1 saturated heterocycles. The van der Waals surface area contributed by atoms with Gasteiger partial charge < -0.3 is 15.8 Å². The van der Waals surface area contributed by atoms with Gasteiger partial charge in [0, 0.05) is 24.8 Å². The Bertz CT molecular complexity index is 595.